The highest BCUT2D eigenvalue weighted by molar-refractivity contribution is 7.92. The number of halogens is 4. The first-order chi connectivity index (χ1) is 18.7. The lowest BCUT2D eigenvalue weighted by Crippen LogP contribution is -2.54. The fourth-order valence-corrected chi connectivity index (χ4v) is 5.95. The standard InChI is InChI=1S/C28H35ClF3N3O4S/c1-4-24(27(37)33-22-8-6-5-7-9-22)34(17-20-12-10-19(2)11-13-20)26(36)18-35(40(3,38)39)25-16-21(28(30,31)32)14-15-23(25)29/h10-16,22,24H,4-9,17-18H2,1-3H3,(H,33,37). The Kier molecular flexibility index (Phi) is 10.5. The lowest BCUT2D eigenvalue weighted by atomic mass is 9.95. The van der Waals surface area contributed by atoms with Gasteiger partial charge in [-0.1, -0.05) is 67.6 Å². The average molecular weight is 602 g/mol. The predicted octanol–water partition coefficient (Wildman–Crippen LogP) is 5.69. The highest BCUT2D eigenvalue weighted by Gasteiger charge is 2.35. The first-order valence-corrected chi connectivity index (χ1v) is 15.4. The molecule has 1 unspecified atom stereocenters. The number of nitrogens with zero attached hydrogens (tertiary/aromatic N) is 2. The first-order valence-electron chi connectivity index (χ1n) is 13.2. The molecule has 0 radical (unpaired) electrons. The van der Waals surface area contributed by atoms with Crippen LogP contribution in [0, 0.1) is 6.92 Å². The molecule has 12 heteroatoms. The maximum absolute atomic E-state index is 13.8. The fourth-order valence-electron chi connectivity index (χ4n) is 4.83. The van der Waals surface area contributed by atoms with E-state index in [1.807, 2.05) is 19.1 Å². The van der Waals surface area contributed by atoms with Gasteiger partial charge in [-0.15, -0.1) is 0 Å². The molecule has 2 amide bonds. The van der Waals surface area contributed by atoms with Crippen molar-refractivity contribution in [2.24, 2.45) is 0 Å². The molecule has 1 saturated carbocycles. The van der Waals surface area contributed by atoms with E-state index in [1.165, 1.54) is 4.90 Å². The molecule has 1 N–H and O–H groups in total. The number of aryl methyl sites for hydroxylation is 1. The SMILES string of the molecule is CCC(C(=O)NC1CCCCC1)N(Cc1ccc(C)cc1)C(=O)CN(c1cc(C(F)(F)F)ccc1Cl)S(C)(=O)=O. The summed E-state index contributed by atoms with van der Waals surface area (Å²) in [6, 6.07) is 8.67. The summed E-state index contributed by atoms with van der Waals surface area (Å²) in [5, 5.41) is 2.77. The van der Waals surface area contributed by atoms with Gasteiger partial charge in [-0.2, -0.15) is 13.2 Å². The Balaban J connectivity index is 1.98. The minimum absolute atomic E-state index is 0.00360. The van der Waals surface area contributed by atoms with Crippen molar-refractivity contribution < 1.29 is 31.2 Å². The van der Waals surface area contributed by atoms with E-state index in [0.717, 1.165) is 56.1 Å². The van der Waals surface area contributed by atoms with Crippen LogP contribution in [0.25, 0.3) is 0 Å². The van der Waals surface area contributed by atoms with Crippen molar-refractivity contribution in [1.29, 1.82) is 0 Å². The summed E-state index contributed by atoms with van der Waals surface area (Å²) < 4.78 is 66.4. The molecule has 0 heterocycles. The Morgan fingerprint density at radius 3 is 2.25 bits per heavy atom. The van der Waals surface area contributed by atoms with Crippen LogP contribution < -0.4 is 9.62 Å². The number of hydrogen-bond acceptors (Lipinski definition) is 4. The van der Waals surface area contributed by atoms with Gasteiger partial charge in [-0.3, -0.25) is 13.9 Å². The summed E-state index contributed by atoms with van der Waals surface area (Å²) in [4.78, 5) is 28.5. The Labute approximate surface area is 238 Å². The molecule has 0 saturated heterocycles. The van der Waals surface area contributed by atoms with Crippen molar-refractivity contribution in [3.8, 4) is 0 Å². The van der Waals surface area contributed by atoms with Crippen molar-refractivity contribution in [1.82, 2.24) is 10.2 Å². The van der Waals surface area contributed by atoms with Gasteiger partial charge in [0.25, 0.3) is 0 Å². The third-order valence-corrected chi connectivity index (χ3v) is 8.48. The maximum atomic E-state index is 13.8. The van der Waals surface area contributed by atoms with Crippen LogP contribution in [0.4, 0.5) is 18.9 Å². The number of carbonyl (C=O) groups is 2. The zero-order valence-electron chi connectivity index (χ0n) is 22.8. The van der Waals surface area contributed by atoms with Gasteiger partial charge in [0.1, 0.15) is 12.6 Å². The molecule has 220 valence electrons. The number of nitrogens with one attached hydrogen (secondary N) is 1. The van der Waals surface area contributed by atoms with Gasteiger partial charge >= 0.3 is 6.18 Å². The van der Waals surface area contributed by atoms with E-state index in [-0.39, 0.29) is 29.9 Å². The number of rotatable bonds is 10. The molecule has 3 rings (SSSR count). The van der Waals surface area contributed by atoms with E-state index < -0.39 is 45.9 Å². The first kappa shape index (κ1) is 31.7. The molecule has 0 bridgehead atoms. The zero-order chi connectivity index (χ0) is 29.7. The topological polar surface area (TPSA) is 86.8 Å². The van der Waals surface area contributed by atoms with Gasteiger partial charge in [0.2, 0.25) is 21.8 Å². The summed E-state index contributed by atoms with van der Waals surface area (Å²) >= 11 is 6.14. The van der Waals surface area contributed by atoms with Gasteiger partial charge in [-0.05, 0) is 49.9 Å². The second-order valence-corrected chi connectivity index (χ2v) is 12.5. The van der Waals surface area contributed by atoms with Crippen LogP contribution in [0.3, 0.4) is 0 Å². The smallest absolute Gasteiger partial charge is 0.352 e. The van der Waals surface area contributed by atoms with Crippen LogP contribution in [0.1, 0.15) is 62.1 Å². The molecule has 1 aliphatic carbocycles. The van der Waals surface area contributed by atoms with Gasteiger partial charge in [0, 0.05) is 12.6 Å². The molecular formula is C28H35ClF3N3O4S. The van der Waals surface area contributed by atoms with E-state index in [4.69, 9.17) is 11.6 Å². The van der Waals surface area contributed by atoms with E-state index >= 15 is 0 Å². The third-order valence-electron chi connectivity index (χ3n) is 7.03. The minimum Gasteiger partial charge on any atom is -0.352 e. The normalized spacial score (nSPS) is 15.4. The summed E-state index contributed by atoms with van der Waals surface area (Å²) in [6.07, 6.45) is 1.04. The Morgan fingerprint density at radius 2 is 1.70 bits per heavy atom. The van der Waals surface area contributed by atoms with Crippen molar-refractivity contribution in [3.63, 3.8) is 0 Å². The van der Waals surface area contributed by atoms with Gasteiger partial charge in [0.05, 0.1) is 22.5 Å². The minimum atomic E-state index is -4.76. The number of carbonyl (C=O) groups excluding carboxylic acids is 2. The molecule has 7 nitrogen and oxygen atoms in total. The van der Waals surface area contributed by atoms with Crippen LogP contribution in [0.15, 0.2) is 42.5 Å². The van der Waals surface area contributed by atoms with Crippen molar-refractivity contribution in [2.45, 2.75) is 77.2 Å². The van der Waals surface area contributed by atoms with Crippen molar-refractivity contribution in [3.05, 3.63) is 64.2 Å². The second kappa shape index (κ2) is 13.2. The van der Waals surface area contributed by atoms with E-state index in [2.05, 4.69) is 5.32 Å². The highest BCUT2D eigenvalue weighted by atomic mass is 35.5. The molecule has 0 spiro atoms. The molecule has 1 fully saturated rings. The number of anilines is 1. The van der Waals surface area contributed by atoms with Crippen LogP contribution in [-0.4, -0.2) is 50.0 Å². The molecule has 2 aromatic carbocycles. The number of benzene rings is 2. The zero-order valence-corrected chi connectivity index (χ0v) is 24.4. The van der Waals surface area contributed by atoms with E-state index in [1.54, 1.807) is 19.1 Å². The van der Waals surface area contributed by atoms with Crippen LogP contribution in [0.5, 0.6) is 0 Å². The predicted molar refractivity (Wildman–Crippen MR) is 149 cm³/mol. The molecule has 40 heavy (non-hydrogen) atoms. The lowest BCUT2D eigenvalue weighted by Gasteiger charge is -2.34. The lowest BCUT2D eigenvalue weighted by molar-refractivity contribution is -0.140. The van der Waals surface area contributed by atoms with Gasteiger partial charge < -0.3 is 10.2 Å². The van der Waals surface area contributed by atoms with Crippen molar-refractivity contribution in [2.75, 3.05) is 17.1 Å². The number of alkyl halides is 3. The second-order valence-electron chi connectivity index (χ2n) is 10.2. The van der Waals surface area contributed by atoms with Crippen LogP contribution in [0.2, 0.25) is 5.02 Å². The van der Waals surface area contributed by atoms with E-state index in [9.17, 15) is 31.2 Å². The molecular weight excluding hydrogens is 567 g/mol. The summed E-state index contributed by atoms with van der Waals surface area (Å²) in [5.74, 6) is -1.09. The Bertz CT molecular complexity index is 1300. The van der Waals surface area contributed by atoms with Crippen LogP contribution in [-0.2, 0) is 32.3 Å². The molecule has 0 aromatic heterocycles. The quantitative estimate of drug-likeness (QED) is 0.379. The summed E-state index contributed by atoms with van der Waals surface area (Å²) in [5.41, 5.74) is 0.127. The highest BCUT2D eigenvalue weighted by Crippen LogP contribution is 2.36. The van der Waals surface area contributed by atoms with Crippen molar-refractivity contribution >= 4 is 39.1 Å². The largest absolute Gasteiger partial charge is 0.416 e. The Morgan fingerprint density at radius 1 is 1.07 bits per heavy atom. The van der Waals surface area contributed by atoms with Crippen LogP contribution >= 0.6 is 11.6 Å². The number of amides is 2. The maximum Gasteiger partial charge on any atom is 0.416 e. The Hall–Kier alpha value is -2.79. The molecule has 1 atom stereocenters. The number of sulfonamides is 1. The van der Waals surface area contributed by atoms with E-state index in [0.29, 0.717) is 15.9 Å². The summed E-state index contributed by atoms with van der Waals surface area (Å²) in [6.45, 7) is 2.82. The molecule has 1 aliphatic rings. The third kappa shape index (κ3) is 8.36. The van der Waals surface area contributed by atoms with Gasteiger partial charge in [-0.25, -0.2) is 8.42 Å². The molecule has 2 aromatic rings. The number of hydrogen-bond donors (Lipinski definition) is 1. The summed E-state index contributed by atoms with van der Waals surface area (Å²) in [7, 11) is -4.25. The fraction of sp³-hybridized carbons (Fsp3) is 0.500. The average Bonchev–Trinajstić information content (AvgIpc) is 2.88. The monoisotopic (exact) mass is 601 g/mol. The van der Waals surface area contributed by atoms with Gasteiger partial charge in [0.15, 0.2) is 0 Å². The molecule has 0 aliphatic heterocycles.